The van der Waals surface area contributed by atoms with Gasteiger partial charge in [0.05, 0.1) is 31.1 Å². The van der Waals surface area contributed by atoms with E-state index in [2.05, 4.69) is 17.1 Å². The molecule has 0 unspecified atom stereocenters. The van der Waals surface area contributed by atoms with E-state index < -0.39 is 0 Å². The van der Waals surface area contributed by atoms with Gasteiger partial charge in [0.25, 0.3) is 5.69 Å². The first kappa shape index (κ1) is 15.2. The molecular formula is C17H24N3O2+. The highest BCUT2D eigenvalue weighted by Crippen LogP contribution is 2.22. The highest BCUT2D eigenvalue weighted by Gasteiger charge is 2.35. The van der Waals surface area contributed by atoms with E-state index in [9.17, 15) is 10.1 Å². The van der Waals surface area contributed by atoms with E-state index in [0.717, 1.165) is 12.1 Å². The van der Waals surface area contributed by atoms with Crippen molar-refractivity contribution in [2.24, 2.45) is 0 Å². The summed E-state index contributed by atoms with van der Waals surface area (Å²) in [6.45, 7) is 8.70. The first-order chi connectivity index (χ1) is 10.7. The van der Waals surface area contributed by atoms with E-state index in [0.29, 0.717) is 0 Å². The van der Waals surface area contributed by atoms with Gasteiger partial charge < -0.3 is 4.48 Å². The molecule has 0 bridgehead atoms. The number of hydrogen-bond acceptors (Lipinski definition) is 3. The summed E-state index contributed by atoms with van der Waals surface area (Å²) in [5.74, 6) is 0. The van der Waals surface area contributed by atoms with Gasteiger partial charge in [0.2, 0.25) is 0 Å². The van der Waals surface area contributed by atoms with Crippen LogP contribution in [0.2, 0.25) is 0 Å². The minimum absolute atomic E-state index is 0.146. The van der Waals surface area contributed by atoms with Crippen LogP contribution in [-0.4, -0.2) is 60.1 Å². The molecule has 1 spiro atoms. The number of quaternary nitrogens is 1. The third kappa shape index (κ3) is 3.54. The number of rotatable bonds is 4. The number of nitro benzene ring substituents is 1. The quantitative estimate of drug-likeness (QED) is 0.488. The zero-order valence-corrected chi connectivity index (χ0v) is 13.0. The largest absolute Gasteiger partial charge is 0.321 e. The molecule has 2 saturated heterocycles. The Morgan fingerprint density at radius 2 is 1.73 bits per heavy atom. The van der Waals surface area contributed by atoms with Gasteiger partial charge in [-0.05, 0) is 17.7 Å². The van der Waals surface area contributed by atoms with Gasteiger partial charge >= 0.3 is 0 Å². The Hall–Kier alpha value is -1.72. The van der Waals surface area contributed by atoms with E-state index >= 15 is 0 Å². The number of benzene rings is 1. The average molecular weight is 302 g/mol. The Kier molecular flexibility index (Phi) is 4.55. The molecule has 2 fully saturated rings. The maximum absolute atomic E-state index is 10.6. The molecule has 22 heavy (non-hydrogen) atoms. The van der Waals surface area contributed by atoms with Crippen molar-refractivity contribution in [3.63, 3.8) is 0 Å². The summed E-state index contributed by atoms with van der Waals surface area (Å²) in [5, 5.41) is 10.6. The van der Waals surface area contributed by atoms with Crippen LogP contribution in [0.25, 0.3) is 6.08 Å². The van der Waals surface area contributed by atoms with Crippen molar-refractivity contribution in [2.75, 3.05) is 45.8 Å². The fourth-order valence-electron chi connectivity index (χ4n) is 3.61. The molecule has 1 aromatic carbocycles. The summed E-state index contributed by atoms with van der Waals surface area (Å²) in [6.07, 6.45) is 7.03. The Labute approximate surface area is 131 Å². The fraction of sp³-hybridized carbons (Fsp3) is 0.529. The van der Waals surface area contributed by atoms with Crippen molar-refractivity contribution >= 4 is 11.8 Å². The van der Waals surface area contributed by atoms with Crippen LogP contribution < -0.4 is 0 Å². The molecule has 118 valence electrons. The predicted molar refractivity (Wildman–Crippen MR) is 87.5 cm³/mol. The summed E-state index contributed by atoms with van der Waals surface area (Å²) >= 11 is 0. The molecule has 2 heterocycles. The molecule has 5 heteroatoms. The second kappa shape index (κ2) is 6.58. The van der Waals surface area contributed by atoms with Crippen LogP contribution in [0.3, 0.4) is 0 Å². The number of nitro groups is 1. The number of non-ortho nitro benzene ring substituents is 1. The van der Waals surface area contributed by atoms with Gasteiger partial charge in [-0.1, -0.05) is 12.2 Å². The van der Waals surface area contributed by atoms with Crippen LogP contribution in [-0.2, 0) is 0 Å². The smallest absolute Gasteiger partial charge is 0.269 e. The lowest BCUT2D eigenvalue weighted by Crippen LogP contribution is -2.57. The van der Waals surface area contributed by atoms with Crippen LogP contribution in [0.15, 0.2) is 30.3 Å². The highest BCUT2D eigenvalue weighted by molar-refractivity contribution is 5.51. The lowest BCUT2D eigenvalue weighted by atomic mass is 10.2. The van der Waals surface area contributed by atoms with Gasteiger partial charge in [-0.15, -0.1) is 0 Å². The van der Waals surface area contributed by atoms with Gasteiger partial charge in [0, 0.05) is 44.6 Å². The summed E-state index contributed by atoms with van der Waals surface area (Å²) < 4.78 is 1.35. The zero-order chi connectivity index (χ0) is 15.4. The first-order valence-electron chi connectivity index (χ1n) is 8.15. The molecule has 3 rings (SSSR count). The van der Waals surface area contributed by atoms with Crippen molar-refractivity contribution in [3.05, 3.63) is 46.0 Å². The van der Waals surface area contributed by atoms with Gasteiger partial charge in [0.15, 0.2) is 0 Å². The lowest BCUT2D eigenvalue weighted by molar-refractivity contribution is -0.920. The normalized spacial score (nSPS) is 21.6. The molecule has 2 aliphatic heterocycles. The monoisotopic (exact) mass is 302 g/mol. The average Bonchev–Trinajstić information content (AvgIpc) is 2.98. The predicted octanol–water partition coefficient (Wildman–Crippen LogP) is 2.53. The number of piperazine rings is 1. The fourth-order valence-corrected chi connectivity index (χ4v) is 3.61. The molecule has 0 radical (unpaired) electrons. The topological polar surface area (TPSA) is 46.4 Å². The van der Waals surface area contributed by atoms with Gasteiger partial charge in [-0.2, -0.15) is 0 Å². The molecule has 0 atom stereocenters. The van der Waals surface area contributed by atoms with Gasteiger partial charge in [-0.25, -0.2) is 0 Å². The van der Waals surface area contributed by atoms with Crippen molar-refractivity contribution in [3.8, 4) is 0 Å². The van der Waals surface area contributed by atoms with Crippen molar-refractivity contribution in [1.82, 2.24) is 4.90 Å². The maximum atomic E-state index is 10.6. The molecular weight excluding hydrogens is 278 g/mol. The Balaban J connectivity index is 1.47. The van der Waals surface area contributed by atoms with Crippen LogP contribution in [0.4, 0.5) is 5.69 Å². The minimum Gasteiger partial charge on any atom is -0.321 e. The van der Waals surface area contributed by atoms with Crippen molar-refractivity contribution in [1.29, 1.82) is 0 Å². The number of hydrogen-bond donors (Lipinski definition) is 0. The summed E-state index contributed by atoms with van der Waals surface area (Å²) in [4.78, 5) is 12.8. The molecule has 0 aromatic heterocycles. The Morgan fingerprint density at radius 3 is 2.32 bits per heavy atom. The summed E-state index contributed by atoms with van der Waals surface area (Å²) in [6, 6.07) is 6.72. The van der Waals surface area contributed by atoms with Crippen LogP contribution in [0.1, 0.15) is 18.4 Å². The standard InChI is InChI=1S/C17H24N3O2/c21-19(22)17-7-5-16(6-8-17)4-3-9-18-10-14-20(15-11-18)12-1-2-13-20/h3-8H,1-2,9-15H2/q+1/b4-3+. The SMILES string of the molecule is O=[N+]([O-])c1ccc(/C=C/CN2CC[N+]3(CCCC3)CC2)cc1. The molecule has 0 saturated carbocycles. The van der Waals surface area contributed by atoms with Gasteiger partial charge in [-0.3, -0.25) is 15.0 Å². The zero-order valence-electron chi connectivity index (χ0n) is 13.0. The third-order valence-corrected chi connectivity index (χ3v) is 5.07. The number of nitrogens with zero attached hydrogens (tertiary/aromatic N) is 3. The second-order valence-corrected chi connectivity index (χ2v) is 6.49. The van der Waals surface area contributed by atoms with Gasteiger partial charge in [0.1, 0.15) is 0 Å². The molecule has 2 aliphatic rings. The second-order valence-electron chi connectivity index (χ2n) is 6.49. The molecule has 1 aromatic rings. The third-order valence-electron chi connectivity index (χ3n) is 5.07. The van der Waals surface area contributed by atoms with E-state index in [-0.39, 0.29) is 10.6 Å². The van der Waals surface area contributed by atoms with E-state index in [4.69, 9.17) is 0 Å². The lowest BCUT2D eigenvalue weighted by Gasteiger charge is -2.41. The Bertz CT molecular complexity index is 538. The highest BCUT2D eigenvalue weighted by atomic mass is 16.6. The molecule has 0 amide bonds. The van der Waals surface area contributed by atoms with Crippen LogP contribution >= 0.6 is 0 Å². The van der Waals surface area contributed by atoms with Crippen molar-refractivity contribution < 1.29 is 9.41 Å². The molecule has 5 nitrogen and oxygen atoms in total. The molecule has 0 aliphatic carbocycles. The molecule has 0 N–H and O–H groups in total. The summed E-state index contributed by atoms with van der Waals surface area (Å²) in [7, 11) is 0. The van der Waals surface area contributed by atoms with E-state index in [1.807, 2.05) is 0 Å². The minimum atomic E-state index is -0.363. The van der Waals surface area contributed by atoms with Crippen LogP contribution in [0, 0.1) is 10.1 Å². The van der Waals surface area contributed by atoms with Crippen molar-refractivity contribution in [2.45, 2.75) is 12.8 Å². The van der Waals surface area contributed by atoms with Crippen LogP contribution in [0.5, 0.6) is 0 Å². The Morgan fingerprint density at radius 1 is 1.09 bits per heavy atom. The van der Waals surface area contributed by atoms with E-state index in [1.54, 1.807) is 24.3 Å². The maximum Gasteiger partial charge on any atom is 0.269 e. The summed E-state index contributed by atoms with van der Waals surface area (Å²) in [5.41, 5.74) is 1.17. The van der Waals surface area contributed by atoms with E-state index in [1.165, 1.54) is 56.6 Å². The first-order valence-corrected chi connectivity index (χ1v) is 8.15.